The number of hydrogen-bond acceptors (Lipinski definition) is 1. The van der Waals surface area contributed by atoms with Gasteiger partial charge in [0.1, 0.15) is 0 Å². The van der Waals surface area contributed by atoms with E-state index in [1.807, 2.05) is 25.2 Å². The predicted octanol–water partition coefficient (Wildman–Crippen LogP) is 4.32. The van der Waals surface area contributed by atoms with Crippen molar-refractivity contribution in [2.24, 2.45) is 0 Å². The molecule has 1 nitrogen and oxygen atoms in total. The molecule has 0 aliphatic heterocycles. The summed E-state index contributed by atoms with van der Waals surface area (Å²) in [6.45, 7) is 0. The fourth-order valence-corrected chi connectivity index (χ4v) is 2.68. The summed E-state index contributed by atoms with van der Waals surface area (Å²) in [5, 5.41) is 4.23. The molecule has 2 aromatic carbocycles. The Morgan fingerprint density at radius 3 is 2.37 bits per heavy atom. The van der Waals surface area contributed by atoms with E-state index in [0.717, 1.165) is 17.9 Å². The zero-order valence-electron chi connectivity index (χ0n) is 10.9. The predicted molar refractivity (Wildman–Crippen MR) is 90.9 cm³/mol. The molecule has 0 radical (unpaired) electrons. The standard InChI is InChI=1S/C16H17ClIN/c1-19-15(10-12-6-8-14(18)9-7-12)11-13-4-2-3-5-16(13)17/h2-9,15,19H,10-11H2,1H3. The topological polar surface area (TPSA) is 12.0 Å². The number of hydrogen-bond donors (Lipinski definition) is 1. The molecule has 2 rings (SSSR count). The Balaban J connectivity index is 2.05. The van der Waals surface area contributed by atoms with Crippen molar-refractivity contribution in [1.29, 1.82) is 0 Å². The minimum Gasteiger partial charge on any atom is -0.316 e. The zero-order chi connectivity index (χ0) is 13.7. The van der Waals surface area contributed by atoms with Gasteiger partial charge in [-0.2, -0.15) is 0 Å². The van der Waals surface area contributed by atoms with E-state index < -0.39 is 0 Å². The van der Waals surface area contributed by atoms with E-state index in [-0.39, 0.29) is 0 Å². The molecule has 0 aliphatic carbocycles. The summed E-state index contributed by atoms with van der Waals surface area (Å²) >= 11 is 8.55. The molecule has 1 N–H and O–H groups in total. The van der Waals surface area contributed by atoms with Gasteiger partial charge in [0, 0.05) is 14.6 Å². The van der Waals surface area contributed by atoms with Crippen molar-refractivity contribution in [3.63, 3.8) is 0 Å². The zero-order valence-corrected chi connectivity index (χ0v) is 13.8. The van der Waals surface area contributed by atoms with Crippen LogP contribution in [0.4, 0.5) is 0 Å². The van der Waals surface area contributed by atoms with Gasteiger partial charge in [0.05, 0.1) is 0 Å². The molecule has 0 aromatic heterocycles. The van der Waals surface area contributed by atoms with Gasteiger partial charge in [-0.3, -0.25) is 0 Å². The van der Waals surface area contributed by atoms with Gasteiger partial charge in [-0.05, 0) is 71.8 Å². The highest BCUT2D eigenvalue weighted by atomic mass is 127. The molecular weight excluding hydrogens is 369 g/mol. The Bertz CT molecular complexity index is 525. The second-order valence-corrected chi connectivity index (χ2v) is 6.26. The normalized spacial score (nSPS) is 12.4. The minimum atomic E-state index is 0.403. The summed E-state index contributed by atoms with van der Waals surface area (Å²) < 4.78 is 1.27. The van der Waals surface area contributed by atoms with Gasteiger partial charge < -0.3 is 5.32 Å². The number of nitrogens with one attached hydrogen (secondary N) is 1. The van der Waals surface area contributed by atoms with Gasteiger partial charge >= 0.3 is 0 Å². The third-order valence-corrected chi connectivity index (χ3v) is 4.32. The molecule has 0 saturated heterocycles. The van der Waals surface area contributed by atoms with Crippen LogP contribution in [0.1, 0.15) is 11.1 Å². The number of likely N-dealkylation sites (N-methyl/N-ethyl adjacent to an activating group) is 1. The van der Waals surface area contributed by atoms with Crippen molar-refractivity contribution in [1.82, 2.24) is 5.32 Å². The SMILES string of the molecule is CNC(Cc1ccc(I)cc1)Cc1ccccc1Cl. The maximum absolute atomic E-state index is 6.22. The largest absolute Gasteiger partial charge is 0.316 e. The molecule has 1 unspecified atom stereocenters. The van der Waals surface area contributed by atoms with Gasteiger partial charge in [-0.1, -0.05) is 41.9 Å². The first-order valence-corrected chi connectivity index (χ1v) is 7.80. The molecule has 0 aliphatic rings. The van der Waals surface area contributed by atoms with Crippen LogP contribution >= 0.6 is 34.2 Å². The van der Waals surface area contributed by atoms with E-state index in [1.54, 1.807) is 0 Å². The van der Waals surface area contributed by atoms with Crippen molar-refractivity contribution < 1.29 is 0 Å². The molecule has 0 fully saturated rings. The van der Waals surface area contributed by atoms with Gasteiger partial charge in [-0.25, -0.2) is 0 Å². The van der Waals surface area contributed by atoms with Crippen LogP contribution in [0.25, 0.3) is 0 Å². The Morgan fingerprint density at radius 1 is 1.05 bits per heavy atom. The van der Waals surface area contributed by atoms with Crippen molar-refractivity contribution in [2.45, 2.75) is 18.9 Å². The fourth-order valence-electron chi connectivity index (χ4n) is 2.11. The summed E-state index contributed by atoms with van der Waals surface area (Å²) in [7, 11) is 2.01. The van der Waals surface area contributed by atoms with Crippen LogP contribution < -0.4 is 5.32 Å². The van der Waals surface area contributed by atoms with E-state index in [0.29, 0.717) is 6.04 Å². The molecule has 19 heavy (non-hydrogen) atoms. The second kappa shape index (κ2) is 7.27. The lowest BCUT2D eigenvalue weighted by Gasteiger charge is -2.17. The average molecular weight is 386 g/mol. The highest BCUT2D eigenvalue weighted by molar-refractivity contribution is 14.1. The van der Waals surface area contributed by atoms with Crippen LogP contribution in [0, 0.1) is 3.57 Å². The Morgan fingerprint density at radius 2 is 1.74 bits per heavy atom. The molecule has 100 valence electrons. The summed E-state index contributed by atoms with van der Waals surface area (Å²) in [6.07, 6.45) is 1.96. The van der Waals surface area contributed by atoms with Crippen LogP contribution in [0.2, 0.25) is 5.02 Å². The Labute approximate surface area is 133 Å². The van der Waals surface area contributed by atoms with Gasteiger partial charge in [-0.15, -0.1) is 0 Å². The first-order chi connectivity index (χ1) is 9.19. The number of benzene rings is 2. The van der Waals surface area contributed by atoms with E-state index in [9.17, 15) is 0 Å². The first kappa shape index (κ1) is 14.8. The molecule has 0 bridgehead atoms. The van der Waals surface area contributed by atoms with Crippen LogP contribution in [0.5, 0.6) is 0 Å². The molecule has 2 aromatic rings. The summed E-state index contributed by atoms with van der Waals surface area (Å²) in [4.78, 5) is 0. The van der Waals surface area contributed by atoms with Crippen LogP contribution in [-0.2, 0) is 12.8 Å². The smallest absolute Gasteiger partial charge is 0.0438 e. The summed E-state index contributed by atoms with van der Waals surface area (Å²) in [6, 6.07) is 17.2. The summed E-state index contributed by atoms with van der Waals surface area (Å²) in [5.41, 5.74) is 2.56. The average Bonchev–Trinajstić information content (AvgIpc) is 2.43. The fraction of sp³-hybridized carbons (Fsp3) is 0.250. The quantitative estimate of drug-likeness (QED) is 0.756. The van der Waals surface area contributed by atoms with Crippen molar-refractivity contribution in [2.75, 3.05) is 7.05 Å². The van der Waals surface area contributed by atoms with Gasteiger partial charge in [0.15, 0.2) is 0 Å². The molecule has 0 amide bonds. The van der Waals surface area contributed by atoms with Gasteiger partial charge in [0.2, 0.25) is 0 Å². The highest BCUT2D eigenvalue weighted by Gasteiger charge is 2.10. The van der Waals surface area contributed by atoms with E-state index in [1.165, 1.54) is 14.7 Å². The molecule has 3 heteroatoms. The first-order valence-electron chi connectivity index (χ1n) is 6.34. The number of halogens is 2. The van der Waals surface area contributed by atoms with Crippen molar-refractivity contribution in [3.8, 4) is 0 Å². The lowest BCUT2D eigenvalue weighted by atomic mass is 9.99. The molecule has 0 heterocycles. The van der Waals surface area contributed by atoms with Crippen LogP contribution in [0.15, 0.2) is 48.5 Å². The van der Waals surface area contributed by atoms with Crippen LogP contribution in [-0.4, -0.2) is 13.1 Å². The molecule has 0 saturated carbocycles. The molecule has 1 atom stereocenters. The highest BCUT2D eigenvalue weighted by Crippen LogP contribution is 2.18. The van der Waals surface area contributed by atoms with Gasteiger partial charge in [0.25, 0.3) is 0 Å². The Hall–Kier alpha value is -0.580. The molecular formula is C16H17ClIN. The second-order valence-electron chi connectivity index (χ2n) is 4.61. The lowest BCUT2D eigenvalue weighted by Crippen LogP contribution is -2.30. The maximum Gasteiger partial charge on any atom is 0.0438 e. The van der Waals surface area contributed by atoms with Crippen molar-refractivity contribution in [3.05, 3.63) is 68.3 Å². The van der Waals surface area contributed by atoms with Crippen LogP contribution in [0.3, 0.4) is 0 Å². The third kappa shape index (κ3) is 4.48. The number of rotatable bonds is 5. The maximum atomic E-state index is 6.22. The third-order valence-electron chi connectivity index (χ3n) is 3.23. The van der Waals surface area contributed by atoms with E-state index in [2.05, 4.69) is 58.2 Å². The monoisotopic (exact) mass is 385 g/mol. The Kier molecular flexibility index (Phi) is 5.67. The van der Waals surface area contributed by atoms with E-state index >= 15 is 0 Å². The van der Waals surface area contributed by atoms with E-state index in [4.69, 9.17) is 11.6 Å². The van der Waals surface area contributed by atoms with Crippen molar-refractivity contribution >= 4 is 34.2 Å². The minimum absolute atomic E-state index is 0.403. The molecule has 0 spiro atoms. The lowest BCUT2D eigenvalue weighted by molar-refractivity contribution is 0.556. The summed E-state index contributed by atoms with van der Waals surface area (Å²) in [5.74, 6) is 0.